The lowest BCUT2D eigenvalue weighted by molar-refractivity contribution is -0.432. The molecule has 0 heterocycles. The van der Waals surface area contributed by atoms with Crippen molar-refractivity contribution in [3.8, 4) is 5.75 Å². The monoisotopic (exact) mass is 528 g/mol. The molecule has 0 saturated heterocycles. The number of alkyl halides is 7. The first-order valence-electron chi connectivity index (χ1n) is 12.4. The molecule has 0 amide bonds. The van der Waals surface area contributed by atoms with Crippen LogP contribution in [0, 0.1) is 29.5 Å². The molecule has 204 valence electrons. The Morgan fingerprint density at radius 1 is 0.889 bits per heavy atom. The van der Waals surface area contributed by atoms with Crippen LogP contribution in [-0.2, 0) is 10.8 Å². The van der Waals surface area contributed by atoms with Crippen LogP contribution in [0.2, 0.25) is 0 Å². The van der Waals surface area contributed by atoms with Gasteiger partial charge in [-0.1, -0.05) is 45.3 Å². The molecule has 1 aromatic carbocycles. The summed E-state index contributed by atoms with van der Waals surface area (Å²) in [7, 11) is 0. The highest BCUT2D eigenvalue weighted by atomic mass is 19.4. The quantitative estimate of drug-likeness (QED) is 0.297. The molecule has 10 heteroatoms. The molecule has 0 N–H and O–H groups in total. The van der Waals surface area contributed by atoms with Gasteiger partial charge in [-0.25, -0.2) is 9.13 Å². The summed E-state index contributed by atoms with van der Waals surface area (Å²) in [5.74, 6) is -2.14. The molecule has 2 fully saturated rings. The molecule has 1 aromatic rings. The first-order chi connectivity index (χ1) is 16.8. The third-order valence-corrected chi connectivity index (χ3v) is 7.61. The highest BCUT2D eigenvalue weighted by molar-refractivity contribution is 5.56. The topological polar surface area (TPSA) is 18.5 Å². The van der Waals surface area contributed by atoms with Gasteiger partial charge in [0.15, 0.2) is 0 Å². The van der Waals surface area contributed by atoms with Gasteiger partial charge in [0.1, 0.15) is 11.6 Å². The Morgan fingerprint density at radius 3 is 1.94 bits per heavy atom. The molecule has 0 atom stereocenters. The number of ether oxygens (including phenoxy) is 2. The van der Waals surface area contributed by atoms with E-state index in [0.29, 0.717) is 36.8 Å². The van der Waals surface area contributed by atoms with Crippen molar-refractivity contribution in [2.75, 3.05) is 0 Å². The van der Waals surface area contributed by atoms with Crippen LogP contribution in [0.1, 0.15) is 82.3 Å². The van der Waals surface area contributed by atoms with E-state index >= 15 is 0 Å². The van der Waals surface area contributed by atoms with Gasteiger partial charge >= 0.3 is 18.6 Å². The van der Waals surface area contributed by atoms with Gasteiger partial charge in [0.2, 0.25) is 0 Å². The van der Waals surface area contributed by atoms with Crippen molar-refractivity contribution in [3.05, 3.63) is 35.7 Å². The highest BCUT2D eigenvalue weighted by Gasteiger charge is 2.49. The van der Waals surface area contributed by atoms with Crippen LogP contribution < -0.4 is 4.74 Å². The summed E-state index contributed by atoms with van der Waals surface area (Å²) >= 11 is 0. The van der Waals surface area contributed by atoms with Crippen molar-refractivity contribution in [3.63, 3.8) is 0 Å². The smallest absolute Gasteiger partial charge is 0.432 e. The molecule has 3 rings (SSSR count). The van der Waals surface area contributed by atoms with Gasteiger partial charge in [0, 0.05) is 6.07 Å². The average molecular weight is 529 g/mol. The Balaban J connectivity index is 1.65. The molecule has 2 saturated carbocycles. The van der Waals surface area contributed by atoms with Gasteiger partial charge in [-0.15, -0.1) is 13.2 Å². The van der Waals surface area contributed by atoms with Crippen LogP contribution >= 0.6 is 0 Å². The summed E-state index contributed by atoms with van der Waals surface area (Å²) in [4.78, 5) is 0. The first kappa shape index (κ1) is 28.7. The minimum Gasteiger partial charge on any atom is -0.432 e. The third kappa shape index (κ3) is 7.13. The maximum Gasteiger partial charge on any atom is 0.527 e. The van der Waals surface area contributed by atoms with Crippen molar-refractivity contribution in [1.29, 1.82) is 0 Å². The largest absolute Gasteiger partial charge is 0.527 e. The van der Waals surface area contributed by atoms with Crippen molar-refractivity contribution < 1.29 is 44.6 Å². The summed E-state index contributed by atoms with van der Waals surface area (Å²) in [6.45, 7) is 5.33. The number of rotatable bonds is 9. The van der Waals surface area contributed by atoms with Crippen LogP contribution in [0.4, 0.5) is 35.1 Å². The molecule has 36 heavy (non-hydrogen) atoms. The van der Waals surface area contributed by atoms with Gasteiger partial charge in [-0.2, -0.15) is 17.6 Å². The Morgan fingerprint density at radius 2 is 1.44 bits per heavy atom. The third-order valence-electron chi connectivity index (χ3n) is 7.61. The Kier molecular flexibility index (Phi) is 8.99. The van der Waals surface area contributed by atoms with Crippen LogP contribution in [0.25, 0.3) is 6.08 Å². The Bertz CT molecular complexity index is 883. The zero-order valence-electron chi connectivity index (χ0n) is 20.2. The van der Waals surface area contributed by atoms with Crippen molar-refractivity contribution in [2.45, 2.75) is 89.7 Å². The minimum atomic E-state index is -5.76. The predicted molar refractivity (Wildman–Crippen MR) is 119 cm³/mol. The normalized spacial score (nSPS) is 26.0. The van der Waals surface area contributed by atoms with Gasteiger partial charge < -0.3 is 4.74 Å². The lowest BCUT2D eigenvalue weighted by Gasteiger charge is -2.39. The number of hydrogen-bond acceptors (Lipinski definition) is 2. The molecule has 2 aliphatic rings. The van der Waals surface area contributed by atoms with Crippen molar-refractivity contribution >= 4 is 6.08 Å². The Hall–Kier alpha value is -1.84. The summed E-state index contributed by atoms with van der Waals surface area (Å²) in [6.07, 6.45) is -5.29. The van der Waals surface area contributed by atoms with E-state index in [-0.39, 0.29) is 18.9 Å². The van der Waals surface area contributed by atoms with E-state index < -0.39 is 47.2 Å². The predicted octanol–water partition coefficient (Wildman–Crippen LogP) is 9.44. The molecular weight excluding hydrogens is 496 g/mol. The van der Waals surface area contributed by atoms with E-state index in [1.807, 2.05) is 0 Å². The van der Waals surface area contributed by atoms with Crippen molar-refractivity contribution in [1.82, 2.24) is 0 Å². The SMILES string of the molecule is C=Cc1cc(OC(F)(F)C2CCC(C3CCC(CCC)CC3)CC2)cc(F)c1C(F)(F)OC(F)(F)F. The fourth-order valence-corrected chi connectivity index (χ4v) is 5.85. The molecule has 0 unspecified atom stereocenters. The van der Waals surface area contributed by atoms with Gasteiger partial charge in [-0.3, -0.25) is 0 Å². The molecule has 2 nitrogen and oxygen atoms in total. The highest BCUT2D eigenvalue weighted by Crippen LogP contribution is 2.47. The minimum absolute atomic E-state index is 0.207. The fraction of sp³-hybridized carbons (Fsp3) is 0.692. The molecule has 0 aliphatic heterocycles. The maximum atomic E-state index is 14.9. The van der Waals surface area contributed by atoms with Crippen LogP contribution in [-0.4, -0.2) is 12.5 Å². The Labute approximate surface area is 206 Å². The van der Waals surface area contributed by atoms with E-state index in [2.05, 4.69) is 18.2 Å². The first-order valence-corrected chi connectivity index (χ1v) is 12.4. The zero-order valence-corrected chi connectivity index (χ0v) is 20.2. The lowest BCUT2D eigenvalue weighted by Crippen LogP contribution is -2.38. The number of halogens is 8. The maximum absolute atomic E-state index is 14.9. The average Bonchev–Trinajstić information content (AvgIpc) is 2.77. The zero-order chi connectivity index (χ0) is 26.7. The summed E-state index contributed by atoms with van der Waals surface area (Å²) < 4.78 is 117. The van der Waals surface area contributed by atoms with Crippen LogP contribution in [0.5, 0.6) is 5.75 Å². The van der Waals surface area contributed by atoms with Crippen LogP contribution in [0.3, 0.4) is 0 Å². The molecular formula is C26H32F8O2. The summed E-state index contributed by atoms with van der Waals surface area (Å²) in [5.41, 5.74) is -2.61. The molecule has 0 aromatic heterocycles. The van der Waals surface area contributed by atoms with E-state index in [1.165, 1.54) is 25.7 Å². The van der Waals surface area contributed by atoms with Crippen LogP contribution in [0.15, 0.2) is 18.7 Å². The lowest BCUT2D eigenvalue weighted by atomic mass is 9.68. The van der Waals surface area contributed by atoms with E-state index in [9.17, 15) is 35.1 Å². The van der Waals surface area contributed by atoms with E-state index in [4.69, 9.17) is 4.74 Å². The van der Waals surface area contributed by atoms with E-state index in [0.717, 1.165) is 18.8 Å². The van der Waals surface area contributed by atoms with E-state index in [1.54, 1.807) is 0 Å². The van der Waals surface area contributed by atoms with Gasteiger partial charge in [0.05, 0.1) is 11.5 Å². The molecule has 0 bridgehead atoms. The second kappa shape index (κ2) is 11.3. The van der Waals surface area contributed by atoms with Gasteiger partial charge in [0.25, 0.3) is 0 Å². The second-order valence-corrected chi connectivity index (χ2v) is 9.98. The second-order valence-electron chi connectivity index (χ2n) is 9.98. The van der Waals surface area contributed by atoms with Gasteiger partial charge in [-0.05, 0) is 67.9 Å². The molecule has 0 radical (unpaired) electrons. The summed E-state index contributed by atoms with van der Waals surface area (Å²) in [6, 6.07) is 0.817. The molecule has 0 spiro atoms. The number of benzene rings is 1. The number of hydrogen-bond donors (Lipinski definition) is 0. The fourth-order valence-electron chi connectivity index (χ4n) is 5.85. The summed E-state index contributed by atoms with van der Waals surface area (Å²) in [5, 5.41) is 0. The molecule has 2 aliphatic carbocycles. The van der Waals surface area contributed by atoms with Crippen molar-refractivity contribution in [2.24, 2.45) is 23.7 Å². The standard InChI is InChI=1S/C26H32F8O2/c1-3-5-16-6-8-18(9-7-16)19-10-12-20(13-11-19)24(28,29)35-21-14-17(4-2)23(22(27)15-21)25(30,31)36-26(32,33)34/h4,14-16,18-20H,2-3,5-13H2,1H3.